The van der Waals surface area contributed by atoms with Crippen LogP contribution in [0.2, 0.25) is 5.02 Å². The molecule has 2 heterocycles. The fraction of sp³-hybridized carbons (Fsp3) is 0.444. The van der Waals surface area contributed by atoms with E-state index in [2.05, 4.69) is 16.6 Å². The van der Waals surface area contributed by atoms with Crippen molar-refractivity contribution >= 4 is 44.7 Å². The van der Waals surface area contributed by atoms with E-state index in [1.165, 1.54) is 6.07 Å². The monoisotopic (exact) mass is 427 g/mol. The summed E-state index contributed by atoms with van der Waals surface area (Å²) in [4.78, 5) is 18.9. The van der Waals surface area contributed by atoms with Gasteiger partial charge in [-0.3, -0.25) is 9.52 Å². The maximum Gasteiger partial charge on any atom is 0.283 e. The van der Waals surface area contributed by atoms with Crippen molar-refractivity contribution in [2.24, 2.45) is 0 Å². The van der Waals surface area contributed by atoms with Crippen molar-refractivity contribution in [1.29, 1.82) is 0 Å². The van der Waals surface area contributed by atoms with Crippen molar-refractivity contribution < 1.29 is 13.2 Å². The Hall–Kier alpha value is -1.64. The molecular weight excluding hydrogens is 406 g/mol. The van der Waals surface area contributed by atoms with Crippen LogP contribution in [0.15, 0.2) is 22.4 Å². The lowest BCUT2D eigenvalue weighted by Gasteiger charge is -2.22. The number of aromatic nitrogens is 1. The summed E-state index contributed by atoms with van der Waals surface area (Å²) in [5.74, 6) is 0.0240. The number of anilines is 1. The van der Waals surface area contributed by atoms with Gasteiger partial charge in [0.25, 0.3) is 15.9 Å². The van der Waals surface area contributed by atoms with Gasteiger partial charge in [-0.15, -0.1) is 11.3 Å². The third-order valence-corrected chi connectivity index (χ3v) is 7.52. The average Bonchev–Trinajstić information content (AvgIpc) is 3.26. The lowest BCUT2D eigenvalue weighted by atomic mass is 10.2. The van der Waals surface area contributed by atoms with Crippen LogP contribution in [-0.2, 0) is 10.0 Å². The number of aryl methyl sites for hydroxylation is 2. The number of hydrogen-bond acceptors (Lipinski definition) is 5. The molecule has 27 heavy (non-hydrogen) atoms. The first-order valence-corrected chi connectivity index (χ1v) is 11.5. The zero-order valence-electron chi connectivity index (χ0n) is 15.5. The van der Waals surface area contributed by atoms with Gasteiger partial charge in [0.05, 0.1) is 4.90 Å². The Labute approximate surface area is 168 Å². The second-order valence-corrected chi connectivity index (χ2v) is 9.63. The van der Waals surface area contributed by atoms with Crippen LogP contribution in [0.3, 0.4) is 0 Å². The normalized spacial score (nSPS) is 17.3. The second-order valence-electron chi connectivity index (χ2n) is 6.71. The van der Waals surface area contributed by atoms with Crippen LogP contribution in [0.5, 0.6) is 0 Å². The minimum atomic E-state index is -3.82. The number of nitrogens with zero attached hydrogens (tertiary/aromatic N) is 2. The van der Waals surface area contributed by atoms with Crippen molar-refractivity contribution in [2.45, 2.75) is 51.0 Å². The molecule has 6 nitrogen and oxygen atoms in total. The standard InChI is InChI=1S/C18H22ClN3O3S2/c1-4-13-6-5-7-22(13)18(23)17-20-16(10-26-17)21-27(24,25)15-9-11(2)14(19)8-12(15)3/h8-10,13,21H,4-7H2,1-3H3/t13-/m1/s1. The molecule has 1 aliphatic rings. The number of benzene rings is 1. The van der Waals surface area contributed by atoms with Crippen molar-refractivity contribution in [2.75, 3.05) is 11.3 Å². The molecule has 1 aromatic heterocycles. The van der Waals surface area contributed by atoms with Gasteiger partial charge < -0.3 is 4.90 Å². The van der Waals surface area contributed by atoms with Gasteiger partial charge in [-0.25, -0.2) is 13.4 Å². The molecule has 1 atom stereocenters. The van der Waals surface area contributed by atoms with Crippen LogP contribution in [0.1, 0.15) is 47.1 Å². The van der Waals surface area contributed by atoms with Crippen molar-refractivity contribution in [3.8, 4) is 0 Å². The Morgan fingerprint density at radius 3 is 2.81 bits per heavy atom. The van der Waals surface area contributed by atoms with E-state index in [9.17, 15) is 13.2 Å². The molecule has 0 radical (unpaired) electrons. The Kier molecular flexibility index (Phi) is 5.79. The zero-order chi connectivity index (χ0) is 19.8. The summed E-state index contributed by atoms with van der Waals surface area (Å²) in [6.07, 6.45) is 2.90. The number of likely N-dealkylation sites (tertiary alicyclic amines) is 1. The Morgan fingerprint density at radius 2 is 2.11 bits per heavy atom. The number of thiazole rings is 1. The maximum absolute atomic E-state index is 12.7. The molecule has 1 fully saturated rings. The smallest absolute Gasteiger partial charge is 0.283 e. The van der Waals surface area contributed by atoms with E-state index in [1.807, 2.05) is 4.90 Å². The molecule has 0 bridgehead atoms. The summed E-state index contributed by atoms with van der Waals surface area (Å²) in [6, 6.07) is 3.40. The number of carbonyl (C=O) groups excluding carboxylic acids is 1. The molecule has 0 unspecified atom stereocenters. The third-order valence-electron chi connectivity index (χ3n) is 4.78. The highest BCUT2D eigenvalue weighted by Crippen LogP contribution is 2.27. The van der Waals surface area contributed by atoms with Gasteiger partial charge in [0, 0.05) is 23.0 Å². The molecule has 0 saturated carbocycles. The molecule has 1 amide bonds. The molecule has 1 N–H and O–H groups in total. The van der Waals surface area contributed by atoms with Crippen LogP contribution in [0.4, 0.5) is 5.82 Å². The van der Waals surface area contributed by atoms with E-state index < -0.39 is 10.0 Å². The highest BCUT2D eigenvalue weighted by atomic mass is 35.5. The molecule has 2 aromatic rings. The summed E-state index contributed by atoms with van der Waals surface area (Å²) in [5, 5.41) is 2.38. The maximum atomic E-state index is 12.7. The van der Waals surface area contributed by atoms with Crippen LogP contribution >= 0.6 is 22.9 Å². The summed E-state index contributed by atoms with van der Waals surface area (Å²) < 4.78 is 27.9. The van der Waals surface area contributed by atoms with Gasteiger partial charge in [0.2, 0.25) is 0 Å². The number of rotatable bonds is 5. The van der Waals surface area contributed by atoms with Gasteiger partial charge in [-0.05, 0) is 56.4 Å². The van der Waals surface area contributed by atoms with Crippen molar-refractivity contribution in [1.82, 2.24) is 9.88 Å². The largest absolute Gasteiger partial charge is 0.334 e. The SMILES string of the molecule is CC[C@@H]1CCCN1C(=O)c1nc(NS(=O)(=O)c2cc(C)c(Cl)cc2C)cs1. The second kappa shape index (κ2) is 7.77. The molecular formula is C18H22ClN3O3S2. The number of nitrogens with one attached hydrogen (secondary N) is 1. The van der Waals surface area contributed by atoms with Crippen molar-refractivity contribution in [3.05, 3.63) is 38.7 Å². The lowest BCUT2D eigenvalue weighted by Crippen LogP contribution is -2.35. The quantitative estimate of drug-likeness (QED) is 0.774. The van der Waals surface area contributed by atoms with Crippen LogP contribution < -0.4 is 4.72 Å². The Morgan fingerprint density at radius 1 is 1.37 bits per heavy atom. The summed E-state index contributed by atoms with van der Waals surface area (Å²) in [6.45, 7) is 6.23. The topological polar surface area (TPSA) is 79.4 Å². The van der Waals surface area contributed by atoms with E-state index in [1.54, 1.807) is 25.3 Å². The predicted octanol–water partition coefficient (Wildman–Crippen LogP) is 4.23. The van der Waals surface area contributed by atoms with E-state index in [0.717, 1.165) is 37.1 Å². The van der Waals surface area contributed by atoms with Crippen LogP contribution in [0, 0.1) is 13.8 Å². The number of sulfonamides is 1. The summed E-state index contributed by atoms with van der Waals surface area (Å²) in [7, 11) is -3.82. The van der Waals surface area contributed by atoms with Gasteiger partial charge >= 0.3 is 0 Å². The third kappa shape index (κ3) is 4.12. The highest BCUT2D eigenvalue weighted by molar-refractivity contribution is 7.92. The first-order valence-electron chi connectivity index (χ1n) is 8.79. The molecule has 1 aliphatic heterocycles. The number of hydrogen-bond donors (Lipinski definition) is 1. The molecule has 0 aliphatic carbocycles. The van der Waals surface area contributed by atoms with Gasteiger partial charge in [0.1, 0.15) is 0 Å². The molecule has 146 valence electrons. The zero-order valence-corrected chi connectivity index (χ0v) is 17.8. The minimum Gasteiger partial charge on any atom is -0.334 e. The van der Waals surface area contributed by atoms with E-state index in [0.29, 0.717) is 21.2 Å². The van der Waals surface area contributed by atoms with Gasteiger partial charge in [0.15, 0.2) is 10.8 Å². The molecule has 1 saturated heterocycles. The fourth-order valence-corrected chi connectivity index (χ4v) is 5.61. The van der Waals surface area contributed by atoms with E-state index in [4.69, 9.17) is 11.6 Å². The molecule has 0 spiro atoms. The summed E-state index contributed by atoms with van der Waals surface area (Å²) in [5.41, 5.74) is 1.23. The number of halogens is 1. The molecule has 9 heteroatoms. The highest BCUT2D eigenvalue weighted by Gasteiger charge is 2.30. The predicted molar refractivity (Wildman–Crippen MR) is 108 cm³/mol. The molecule has 1 aromatic carbocycles. The Bertz CT molecular complexity index is 972. The van der Waals surface area contributed by atoms with Gasteiger partial charge in [-0.1, -0.05) is 18.5 Å². The van der Waals surface area contributed by atoms with E-state index in [-0.39, 0.29) is 22.7 Å². The Balaban J connectivity index is 1.81. The molecule has 3 rings (SSSR count). The van der Waals surface area contributed by atoms with Crippen LogP contribution in [0.25, 0.3) is 0 Å². The fourth-order valence-electron chi connectivity index (χ4n) is 3.31. The number of amides is 1. The van der Waals surface area contributed by atoms with Crippen molar-refractivity contribution in [3.63, 3.8) is 0 Å². The van der Waals surface area contributed by atoms with Gasteiger partial charge in [-0.2, -0.15) is 0 Å². The first kappa shape index (κ1) is 20.1. The van der Waals surface area contributed by atoms with E-state index >= 15 is 0 Å². The lowest BCUT2D eigenvalue weighted by molar-refractivity contribution is 0.0733. The number of carbonyl (C=O) groups is 1. The minimum absolute atomic E-state index is 0.131. The average molecular weight is 428 g/mol. The summed E-state index contributed by atoms with van der Waals surface area (Å²) >= 11 is 7.20. The first-order chi connectivity index (χ1) is 12.7. The van der Waals surface area contributed by atoms with Crippen LogP contribution in [-0.4, -0.2) is 36.8 Å².